The van der Waals surface area contributed by atoms with Crippen LogP contribution >= 0.6 is 23.5 Å². The van der Waals surface area contributed by atoms with Crippen molar-refractivity contribution in [2.75, 3.05) is 11.5 Å². The number of halogens is 2. The Morgan fingerprint density at radius 2 is 1.93 bits per heavy atom. The van der Waals surface area contributed by atoms with Crippen LogP contribution in [0.4, 0.5) is 8.78 Å². The van der Waals surface area contributed by atoms with Gasteiger partial charge in [-0.1, -0.05) is 53.9 Å². The zero-order valence-corrected chi connectivity index (χ0v) is 16.8. The number of rotatable bonds is 8. The summed E-state index contributed by atoms with van der Waals surface area (Å²) in [5.41, 5.74) is 0.741. The smallest absolute Gasteiger partial charge is 0.282 e. The highest BCUT2D eigenvalue weighted by Gasteiger charge is 2.22. The van der Waals surface area contributed by atoms with Gasteiger partial charge in [0.15, 0.2) is 5.82 Å². The largest absolute Gasteiger partial charge is 0.411 e. The third-order valence-electron chi connectivity index (χ3n) is 3.75. The molecule has 0 radical (unpaired) electrons. The Hall–Kier alpha value is -2.73. The van der Waals surface area contributed by atoms with E-state index >= 15 is 0 Å². The first-order chi connectivity index (χ1) is 14.1. The summed E-state index contributed by atoms with van der Waals surface area (Å²) in [6.07, 6.45) is -1.28. The topological polar surface area (TPSA) is 98.3 Å². The minimum atomic E-state index is -2.72. The summed E-state index contributed by atoms with van der Waals surface area (Å²) < 4.78 is 32.9. The summed E-state index contributed by atoms with van der Waals surface area (Å²) in [7, 11) is 1.56. The molecular weight excluding hydrogens is 420 g/mol. The highest BCUT2D eigenvalue weighted by molar-refractivity contribution is 8.02. The predicted octanol–water partition coefficient (Wildman–Crippen LogP) is 4.08. The molecule has 1 aromatic carbocycles. The van der Waals surface area contributed by atoms with E-state index in [0.717, 1.165) is 5.56 Å². The van der Waals surface area contributed by atoms with Crippen molar-refractivity contribution in [1.82, 2.24) is 35.2 Å². The predicted molar refractivity (Wildman–Crippen MR) is 105 cm³/mol. The van der Waals surface area contributed by atoms with Gasteiger partial charge >= 0.3 is 0 Å². The van der Waals surface area contributed by atoms with Crippen LogP contribution in [0.25, 0.3) is 22.8 Å². The number of nitrogens with one attached hydrogen (secondary N) is 1. The highest BCUT2D eigenvalue weighted by Crippen LogP contribution is 2.31. The minimum absolute atomic E-state index is 0.0324. The van der Waals surface area contributed by atoms with Gasteiger partial charge in [0.2, 0.25) is 5.16 Å². The lowest BCUT2D eigenvalue weighted by atomic mass is 10.2. The van der Waals surface area contributed by atoms with Crippen LogP contribution in [0.1, 0.15) is 12.1 Å². The first-order valence-corrected chi connectivity index (χ1v) is 10.5. The molecule has 0 bridgehead atoms. The van der Waals surface area contributed by atoms with E-state index in [1.54, 1.807) is 7.05 Å². The standard InChI is InChI=1S/C17H15F2N7OS2/c1-26-9-11(12(25-26)13(18)19)15-22-24-17(27-15)29-8-7-28-16-20-14(21-23-16)10-5-3-2-4-6-10/h2-6,9,13H,7-8H2,1H3,(H,20,21,23). The zero-order chi connectivity index (χ0) is 20.2. The summed E-state index contributed by atoms with van der Waals surface area (Å²) in [6, 6.07) is 9.74. The molecule has 0 aliphatic rings. The molecule has 0 fully saturated rings. The maximum absolute atomic E-state index is 13.1. The molecule has 0 atom stereocenters. The van der Waals surface area contributed by atoms with Crippen molar-refractivity contribution in [2.45, 2.75) is 16.8 Å². The molecule has 3 aromatic heterocycles. The first-order valence-electron chi connectivity index (χ1n) is 8.49. The van der Waals surface area contributed by atoms with Crippen molar-refractivity contribution in [1.29, 1.82) is 0 Å². The Labute approximate surface area is 172 Å². The van der Waals surface area contributed by atoms with Crippen molar-refractivity contribution in [3.63, 3.8) is 0 Å². The van der Waals surface area contributed by atoms with Crippen LogP contribution in [-0.2, 0) is 7.05 Å². The molecule has 4 aromatic rings. The molecule has 12 heteroatoms. The van der Waals surface area contributed by atoms with Gasteiger partial charge in [-0.15, -0.1) is 15.3 Å². The SMILES string of the molecule is Cn1cc(-c2nnc(SCCSc3n[nH]c(-c4ccccc4)n3)o2)c(C(F)F)n1. The monoisotopic (exact) mass is 435 g/mol. The second kappa shape index (κ2) is 8.74. The molecule has 0 saturated heterocycles. The Morgan fingerprint density at radius 3 is 2.72 bits per heavy atom. The quantitative estimate of drug-likeness (QED) is 0.327. The summed E-state index contributed by atoms with van der Waals surface area (Å²) in [5, 5.41) is 19.6. The van der Waals surface area contributed by atoms with Gasteiger partial charge in [0, 0.05) is 30.3 Å². The van der Waals surface area contributed by atoms with Crippen molar-refractivity contribution in [3.05, 3.63) is 42.2 Å². The van der Waals surface area contributed by atoms with Crippen LogP contribution in [0.2, 0.25) is 0 Å². The number of aromatic nitrogens is 7. The Balaban J connectivity index is 1.31. The third-order valence-corrected chi connectivity index (χ3v) is 5.68. The molecular formula is C17H15F2N7OS2. The fraction of sp³-hybridized carbons (Fsp3) is 0.235. The van der Waals surface area contributed by atoms with Crippen LogP contribution in [0.3, 0.4) is 0 Å². The summed E-state index contributed by atoms with van der Waals surface area (Å²) in [6.45, 7) is 0. The Kier molecular flexibility index (Phi) is 5.90. The van der Waals surface area contributed by atoms with Gasteiger partial charge in [0.1, 0.15) is 5.69 Å². The average Bonchev–Trinajstić information content (AvgIpc) is 3.45. The van der Waals surface area contributed by atoms with E-state index in [2.05, 4.69) is 30.5 Å². The van der Waals surface area contributed by atoms with Gasteiger partial charge in [-0.3, -0.25) is 9.78 Å². The van der Waals surface area contributed by atoms with Gasteiger partial charge in [-0.2, -0.15) is 5.10 Å². The van der Waals surface area contributed by atoms with Gasteiger partial charge in [0.25, 0.3) is 17.5 Å². The number of benzene rings is 1. The van der Waals surface area contributed by atoms with Crippen LogP contribution in [0, 0.1) is 0 Å². The van der Waals surface area contributed by atoms with E-state index in [9.17, 15) is 8.78 Å². The first kappa shape index (κ1) is 19.6. The van der Waals surface area contributed by atoms with Gasteiger partial charge in [-0.25, -0.2) is 13.8 Å². The van der Waals surface area contributed by atoms with E-state index in [1.165, 1.54) is 34.4 Å². The fourth-order valence-corrected chi connectivity index (χ4v) is 4.03. The molecule has 4 rings (SSSR count). The van der Waals surface area contributed by atoms with Crippen LogP contribution in [-0.4, -0.2) is 46.7 Å². The summed E-state index contributed by atoms with van der Waals surface area (Å²) >= 11 is 2.83. The van der Waals surface area contributed by atoms with Crippen LogP contribution in [0.15, 0.2) is 51.3 Å². The second-order valence-corrected chi connectivity index (χ2v) is 7.91. The molecule has 1 N–H and O–H groups in total. The normalized spacial score (nSPS) is 11.4. The lowest BCUT2D eigenvalue weighted by Crippen LogP contribution is -1.91. The van der Waals surface area contributed by atoms with Crippen molar-refractivity contribution in [2.24, 2.45) is 7.05 Å². The zero-order valence-electron chi connectivity index (χ0n) is 15.1. The number of aryl methyl sites for hydroxylation is 1. The number of nitrogens with zero attached hydrogens (tertiary/aromatic N) is 6. The molecule has 8 nitrogen and oxygen atoms in total. The van der Waals surface area contributed by atoms with Crippen molar-refractivity contribution in [3.8, 4) is 22.8 Å². The van der Waals surface area contributed by atoms with E-state index in [0.29, 0.717) is 27.7 Å². The Bertz CT molecular complexity index is 1080. The molecule has 0 aliphatic carbocycles. The molecule has 0 amide bonds. The summed E-state index contributed by atoms with van der Waals surface area (Å²) in [4.78, 5) is 4.45. The van der Waals surface area contributed by atoms with E-state index < -0.39 is 6.43 Å². The van der Waals surface area contributed by atoms with Crippen LogP contribution in [0.5, 0.6) is 0 Å². The summed E-state index contributed by atoms with van der Waals surface area (Å²) in [5.74, 6) is 2.12. The van der Waals surface area contributed by atoms with Gasteiger partial charge in [-0.05, 0) is 0 Å². The molecule has 0 saturated carbocycles. The average molecular weight is 435 g/mol. The van der Waals surface area contributed by atoms with E-state index in [-0.39, 0.29) is 17.1 Å². The Morgan fingerprint density at radius 1 is 1.14 bits per heavy atom. The molecule has 150 valence electrons. The third kappa shape index (κ3) is 4.65. The van der Waals surface area contributed by atoms with Gasteiger partial charge < -0.3 is 4.42 Å². The maximum Gasteiger partial charge on any atom is 0.282 e. The fourth-order valence-electron chi connectivity index (χ4n) is 2.51. The van der Waals surface area contributed by atoms with Crippen LogP contribution < -0.4 is 0 Å². The number of hydrogen-bond donors (Lipinski definition) is 1. The van der Waals surface area contributed by atoms with Gasteiger partial charge in [0.05, 0.1) is 5.56 Å². The van der Waals surface area contributed by atoms with Crippen molar-refractivity contribution >= 4 is 23.5 Å². The number of aromatic amines is 1. The van der Waals surface area contributed by atoms with E-state index in [1.807, 2.05) is 30.3 Å². The lowest BCUT2D eigenvalue weighted by molar-refractivity contribution is 0.145. The lowest BCUT2D eigenvalue weighted by Gasteiger charge is -1.96. The van der Waals surface area contributed by atoms with Crippen molar-refractivity contribution < 1.29 is 13.2 Å². The molecule has 29 heavy (non-hydrogen) atoms. The minimum Gasteiger partial charge on any atom is -0.411 e. The number of hydrogen-bond acceptors (Lipinski definition) is 8. The maximum atomic E-state index is 13.1. The molecule has 0 unspecified atom stereocenters. The second-order valence-electron chi connectivity index (χ2n) is 5.81. The number of H-pyrrole nitrogens is 1. The molecule has 0 aliphatic heterocycles. The van der Waals surface area contributed by atoms with E-state index in [4.69, 9.17) is 4.42 Å². The number of thioether (sulfide) groups is 2. The highest BCUT2D eigenvalue weighted by atomic mass is 32.2. The molecule has 3 heterocycles. The molecule has 0 spiro atoms. The number of alkyl halides is 2.